The second-order valence-corrected chi connectivity index (χ2v) is 4.71. The summed E-state index contributed by atoms with van der Waals surface area (Å²) in [5, 5.41) is 7.19. The van der Waals surface area contributed by atoms with Crippen LogP contribution in [0.25, 0.3) is 0 Å². The minimum absolute atomic E-state index is 0.108. The quantitative estimate of drug-likeness (QED) is 0.774. The number of aromatic amines is 1. The van der Waals surface area contributed by atoms with Gasteiger partial charge in [-0.05, 0) is 32.1 Å². The lowest BCUT2D eigenvalue weighted by Gasteiger charge is -2.23. The van der Waals surface area contributed by atoms with E-state index in [1.807, 2.05) is 6.20 Å². The van der Waals surface area contributed by atoms with Crippen molar-refractivity contribution >= 4 is 0 Å². The normalized spacial score (nSPS) is 29.0. The van der Waals surface area contributed by atoms with Crippen molar-refractivity contribution in [3.63, 3.8) is 0 Å². The van der Waals surface area contributed by atoms with Crippen LogP contribution in [-0.4, -0.2) is 16.8 Å². The number of aromatic nitrogens is 2. The Kier molecular flexibility index (Phi) is 2.07. The van der Waals surface area contributed by atoms with Crippen molar-refractivity contribution in [2.75, 3.05) is 6.61 Å². The Labute approximate surface area is 89.2 Å². The van der Waals surface area contributed by atoms with E-state index in [1.165, 1.54) is 18.4 Å². The summed E-state index contributed by atoms with van der Waals surface area (Å²) in [6.07, 6.45) is 7.72. The Hall–Kier alpha value is -0.870. The third-order valence-electron chi connectivity index (χ3n) is 3.50. The highest BCUT2D eigenvalue weighted by atomic mass is 16.5. The first-order chi connectivity index (χ1) is 7.30. The maximum Gasteiger partial charge on any atom is 0.0992 e. The number of hydrogen-bond donors (Lipinski definition) is 2. The molecule has 82 valence electrons. The molecule has 2 fully saturated rings. The maximum atomic E-state index is 6.20. The first-order valence-corrected chi connectivity index (χ1v) is 5.74. The van der Waals surface area contributed by atoms with Crippen molar-refractivity contribution in [3.8, 4) is 0 Å². The van der Waals surface area contributed by atoms with Crippen molar-refractivity contribution in [2.24, 2.45) is 5.73 Å². The molecular weight excluding hydrogens is 190 g/mol. The van der Waals surface area contributed by atoms with Crippen LogP contribution in [0.15, 0.2) is 6.20 Å². The van der Waals surface area contributed by atoms with Crippen LogP contribution in [0, 0.1) is 0 Å². The molecule has 0 amide bonds. The number of ether oxygens (including phenoxy) is 1. The monoisotopic (exact) mass is 207 g/mol. The van der Waals surface area contributed by atoms with Gasteiger partial charge in [0.25, 0.3) is 0 Å². The lowest BCUT2D eigenvalue weighted by molar-refractivity contribution is 0.0115. The second kappa shape index (κ2) is 3.32. The summed E-state index contributed by atoms with van der Waals surface area (Å²) in [5.41, 5.74) is 8.39. The SMILES string of the molecule is NC1(c2cn[nH]c2C2CCCCO2)CC1. The summed E-state index contributed by atoms with van der Waals surface area (Å²) in [5.74, 6) is 0. The predicted octanol–water partition coefficient (Wildman–Crippen LogP) is 1.60. The first kappa shape index (κ1) is 9.36. The molecular formula is C11H17N3O. The predicted molar refractivity (Wildman–Crippen MR) is 56.2 cm³/mol. The van der Waals surface area contributed by atoms with E-state index in [-0.39, 0.29) is 11.6 Å². The van der Waals surface area contributed by atoms with Crippen molar-refractivity contribution in [1.82, 2.24) is 10.2 Å². The van der Waals surface area contributed by atoms with Gasteiger partial charge in [-0.2, -0.15) is 5.10 Å². The summed E-state index contributed by atoms with van der Waals surface area (Å²) in [7, 11) is 0. The van der Waals surface area contributed by atoms with Gasteiger partial charge in [0.1, 0.15) is 0 Å². The Morgan fingerprint density at radius 1 is 1.47 bits per heavy atom. The van der Waals surface area contributed by atoms with E-state index in [2.05, 4.69) is 10.2 Å². The Bertz CT molecular complexity index is 350. The molecule has 4 heteroatoms. The number of nitrogens with zero attached hydrogens (tertiary/aromatic N) is 1. The van der Waals surface area contributed by atoms with Gasteiger partial charge < -0.3 is 10.5 Å². The van der Waals surface area contributed by atoms with Crippen LogP contribution in [0.3, 0.4) is 0 Å². The van der Waals surface area contributed by atoms with Crippen LogP contribution in [0.4, 0.5) is 0 Å². The maximum absolute atomic E-state index is 6.20. The number of nitrogens with one attached hydrogen (secondary N) is 1. The molecule has 2 heterocycles. The van der Waals surface area contributed by atoms with Crippen molar-refractivity contribution in [3.05, 3.63) is 17.5 Å². The van der Waals surface area contributed by atoms with Gasteiger partial charge in [0, 0.05) is 17.7 Å². The Balaban J connectivity index is 1.87. The number of nitrogens with two attached hydrogens (primary N) is 1. The van der Waals surface area contributed by atoms with Crippen molar-refractivity contribution < 1.29 is 4.74 Å². The van der Waals surface area contributed by atoms with E-state index in [0.717, 1.165) is 31.6 Å². The van der Waals surface area contributed by atoms with E-state index in [4.69, 9.17) is 10.5 Å². The van der Waals surface area contributed by atoms with E-state index in [1.54, 1.807) is 0 Å². The van der Waals surface area contributed by atoms with Crippen LogP contribution in [-0.2, 0) is 10.3 Å². The van der Waals surface area contributed by atoms with E-state index >= 15 is 0 Å². The molecule has 1 aliphatic carbocycles. The average Bonchev–Trinajstić information content (AvgIpc) is 2.85. The molecule has 3 N–H and O–H groups in total. The second-order valence-electron chi connectivity index (χ2n) is 4.71. The first-order valence-electron chi connectivity index (χ1n) is 5.74. The van der Waals surface area contributed by atoms with Crippen LogP contribution >= 0.6 is 0 Å². The molecule has 1 aromatic heterocycles. The van der Waals surface area contributed by atoms with Gasteiger partial charge >= 0.3 is 0 Å². The lowest BCUT2D eigenvalue weighted by Crippen LogP contribution is -2.22. The topological polar surface area (TPSA) is 63.9 Å². The fourth-order valence-electron chi connectivity index (χ4n) is 2.31. The number of rotatable bonds is 2. The summed E-state index contributed by atoms with van der Waals surface area (Å²) < 4.78 is 5.76. The average molecular weight is 207 g/mol. The molecule has 0 radical (unpaired) electrons. The molecule has 3 rings (SSSR count). The largest absolute Gasteiger partial charge is 0.372 e. The number of H-pyrrole nitrogens is 1. The molecule has 0 aromatic carbocycles. The van der Waals surface area contributed by atoms with Gasteiger partial charge in [-0.25, -0.2) is 0 Å². The van der Waals surface area contributed by atoms with E-state index < -0.39 is 0 Å². The zero-order valence-corrected chi connectivity index (χ0v) is 8.83. The Morgan fingerprint density at radius 3 is 3.00 bits per heavy atom. The van der Waals surface area contributed by atoms with Gasteiger partial charge in [-0.1, -0.05) is 0 Å². The van der Waals surface area contributed by atoms with Gasteiger partial charge in [-0.3, -0.25) is 5.10 Å². The molecule has 0 bridgehead atoms. The zero-order chi connectivity index (χ0) is 10.3. The smallest absolute Gasteiger partial charge is 0.0992 e. The lowest BCUT2D eigenvalue weighted by atomic mass is 9.99. The van der Waals surface area contributed by atoms with Gasteiger partial charge in [0.2, 0.25) is 0 Å². The molecule has 1 saturated heterocycles. The van der Waals surface area contributed by atoms with Crippen LogP contribution in [0.5, 0.6) is 0 Å². The van der Waals surface area contributed by atoms with E-state index in [9.17, 15) is 0 Å². The van der Waals surface area contributed by atoms with Crippen molar-refractivity contribution in [1.29, 1.82) is 0 Å². The fourth-order valence-corrected chi connectivity index (χ4v) is 2.31. The van der Waals surface area contributed by atoms with Gasteiger partial charge in [0.15, 0.2) is 0 Å². The Morgan fingerprint density at radius 2 is 2.33 bits per heavy atom. The highest BCUT2D eigenvalue weighted by Crippen LogP contribution is 2.45. The number of hydrogen-bond acceptors (Lipinski definition) is 3. The molecule has 1 saturated carbocycles. The fraction of sp³-hybridized carbons (Fsp3) is 0.727. The highest BCUT2D eigenvalue weighted by Gasteiger charge is 2.43. The standard InChI is InChI=1S/C11H17N3O/c12-11(4-5-11)8-7-13-14-10(8)9-3-1-2-6-15-9/h7,9H,1-6,12H2,(H,13,14). The molecule has 15 heavy (non-hydrogen) atoms. The zero-order valence-electron chi connectivity index (χ0n) is 8.83. The molecule has 1 aromatic rings. The third-order valence-corrected chi connectivity index (χ3v) is 3.50. The molecule has 1 aliphatic heterocycles. The minimum Gasteiger partial charge on any atom is -0.372 e. The minimum atomic E-state index is -0.108. The van der Waals surface area contributed by atoms with E-state index in [0.29, 0.717) is 0 Å². The molecule has 0 spiro atoms. The van der Waals surface area contributed by atoms with Crippen LogP contribution < -0.4 is 5.73 Å². The molecule has 2 aliphatic rings. The van der Waals surface area contributed by atoms with Gasteiger partial charge in [0.05, 0.1) is 18.0 Å². The third kappa shape index (κ3) is 1.58. The summed E-state index contributed by atoms with van der Waals surface area (Å²) in [6, 6.07) is 0. The van der Waals surface area contributed by atoms with Crippen LogP contribution in [0.1, 0.15) is 49.5 Å². The molecule has 1 atom stereocenters. The summed E-state index contributed by atoms with van der Waals surface area (Å²) >= 11 is 0. The molecule has 4 nitrogen and oxygen atoms in total. The van der Waals surface area contributed by atoms with Crippen molar-refractivity contribution in [2.45, 2.75) is 43.7 Å². The van der Waals surface area contributed by atoms with Gasteiger partial charge in [-0.15, -0.1) is 0 Å². The summed E-state index contributed by atoms with van der Waals surface area (Å²) in [4.78, 5) is 0. The summed E-state index contributed by atoms with van der Waals surface area (Å²) in [6.45, 7) is 0.862. The van der Waals surface area contributed by atoms with Crippen LogP contribution in [0.2, 0.25) is 0 Å². The highest BCUT2D eigenvalue weighted by molar-refractivity contribution is 5.32. The molecule has 1 unspecified atom stereocenters.